The predicted molar refractivity (Wildman–Crippen MR) is 50.0 cm³/mol. The topological polar surface area (TPSA) is 23.6 Å². The van der Waals surface area contributed by atoms with Gasteiger partial charge < -0.3 is 0 Å². The lowest BCUT2D eigenvalue weighted by Gasteiger charge is -2.29. The Bertz CT molecular complexity index is 165. The van der Waals surface area contributed by atoms with Crippen LogP contribution in [0, 0.1) is 0 Å². The van der Waals surface area contributed by atoms with Crippen LogP contribution in [0.1, 0.15) is 0 Å². The van der Waals surface area contributed by atoms with Crippen molar-refractivity contribution in [3.63, 3.8) is 0 Å². The molecule has 0 bridgehead atoms. The lowest BCUT2D eigenvalue weighted by Crippen LogP contribution is -2.22. The molecule has 66 valence electrons. The summed E-state index contributed by atoms with van der Waals surface area (Å²) in [4.78, 5) is 0. The van der Waals surface area contributed by atoms with Gasteiger partial charge in [-0.2, -0.15) is 0 Å². The molecule has 0 rings (SSSR count). The van der Waals surface area contributed by atoms with Gasteiger partial charge >= 0.3 is 0 Å². The molecule has 0 aromatic heterocycles. The van der Waals surface area contributed by atoms with Gasteiger partial charge in [0.05, 0.1) is 0 Å². The second-order valence-corrected chi connectivity index (χ2v) is 6.12. The Balaban J connectivity index is 4.53. The molecular formula is C7H17N2OP. The van der Waals surface area contributed by atoms with Crippen molar-refractivity contribution in [3.8, 4) is 0 Å². The van der Waals surface area contributed by atoms with Crippen molar-refractivity contribution >= 4 is 7.44 Å². The quantitative estimate of drug-likeness (QED) is 0.479. The van der Waals surface area contributed by atoms with Gasteiger partial charge in [-0.25, -0.2) is 9.34 Å². The van der Waals surface area contributed by atoms with Crippen LogP contribution in [0.4, 0.5) is 0 Å². The maximum Gasteiger partial charge on any atom is 0.219 e. The first-order valence-corrected chi connectivity index (χ1v) is 5.30. The lowest BCUT2D eigenvalue weighted by atomic mass is 10.8. The standard InChI is InChI=1S/C7H17N2OP/c1-6-7-11(10,8(2)3)9(4)5/h6H,1,7H2,2-5H3. The average Bonchev–Trinajstić information content (AvgIpc) is 1.87. The van der Waals surface area contributed by atoms with Crippen molar-refractivity contribution in [1.29, 1.82) is 0 Å². The molecule has 4 heteroatoms. The first-order chi connectivity index (χ1) is 4.95. The highest BCUT2D eigenvalue weighted by Gasteiger charge is 2.25. The molecule has 0 amide bonds. The van der Waals surface area contributed by atoms with Crippen molar-refractivity contribution in [1.82, 2.24) is 9.34 Å². The van der Waals surface area contributed by atoms with Crippen molar-refractivity contribution in [2.45, 2.75) is 0 Å². The summed E-state index contributed by atoms with van der Waals surface area (Å²) in [5, 5.41) is 0. The van der Waals surface area contributed by atoms with E-state index in [1.807, 2.05) is 28.2 Å². The van der Waals surface area contributed by atoms with Crippen LogP contribution in [-0.2, 0) is 4.57 Å². The van der Waals surface area contributed by atoms with Gasteiger partial charge in [0.1, 0.15) is 0 Å². The monoisotopic (exact) mass is 176 g/mol. The third kappa shape index (κ3) is 2.44. The molecule has 0 N–H and O–H groups in total. The minimum absolute atomic E-state index is 0.535. The molecule has 0 heterocycles. The van der Waals surface area contributed by atoms with E-state index in [9.17, 15) is 4.57 Å². The van der Waals surface area contributed by atoms with Gasteiger partial charge in [0.15, 0.2) is 0 Å². The number of hydrogen-bond donors (Lipinski definition) is 0. The molecule has 0 saturated heterocycles. The smallest absolute Gasteiger partial charge is 0.219 e. The maximum absolute atomic E-state index is 12.0. The Labute approximate surface area is 69.2 Å². The normalized spacial score (nSPS) is 12.5. The van der Waals surface area contributed by atoms with Crippen LogP contribution < -0.4 is 0 Å². The summed E-state index contributed by atoms with van der Waals surface area (Å²) >= 11 is 0. The molecule has 0 atom stereocenters. The Morgan fingerprint density at radius 3 is 1.73 bits per heavy atom. The van der Waals surface area contributed by atoms with Crippen LogP contribution in [0.25, 0.3) is 0 Å². The summed E-state index contributed by atoms with van der Waals surface area (Å²) in [6.07, 6.45) is 2.23. The van der Waals surface area contributed by atoms with E-state index in [-0.39, 0.29) is 0 Å². The number of nitrogens with zero attached hydrogens (tertiary/aromatic N) is 2. The molecule has 0 saturated carbocycles. The fraction of sp³-hybridized carbons (Fsp3) is 0.714. The molecule has 0 aromatic rings. The van der Waals surface area contributed by atoms with E-state index >= 15 is 0 Å². The molecule has 11 heavy (non-hydrogen) atoms. The maximum atomic E-state index is 12.0. The zero-order valence-electron chi connectivity index (χ0n) is 7.74. The average molecular weight is 176 g/mol. The predicted octanol–water partition coefficient (Wildman–Crippen LogP) is 1.49. The number of hydrogen-bond acceptors (Lipinski definition) is 1. The second-order valence-electron chi connectivity index (χ2n) is 2.83. The summed E-state index contributed by atoms with van der Waals surface area (Å²) < 4.78 is 15.5. The fourth-order valence-corrected chi connectivity index (χ4v) is 2.56. The molecule has 0 aliphatic carbocycles. The van der Waals surface area contributed by atoms with E-state index < -0.39 is 7.44 Å². The summed E-state index contributed by atoms with van der Waals surface area (Å²) in [6, 6.07) is 0. The summed E-state index contributed by atoms with van der Waals surface area (Å²) in [7, 11) is 4.98. The molecule has 0 aromatic carbocycles. The third-order valence-corrected chi connectivity index (χ3v) is 4.85. The van der Waals surface area contributed by atoms with E-state index in [0.717, 1.165) is 0 Å². The first-order valence-electron chi connectivity index (χ1n) is 3.50. The minimum Gasteiger partial charge on any atom is -0.288 e. The van der Waals surface area contributed by atoms with Gasteiger partial charge in [-0.3, -0.25) is 4.57 Å². The highest BCUT2D eigenvalue weighted by atomic mass is 31.2. The largest absolute Gasteiger partial charge is 0.288 e. The van der Waals surface area contributed by atoms with Gasteiger partial charge in [-0.15, -0.1) is 6.58 Å². The molecule has 0 aliphatic heterocycles. The van der Waals surface area contributed by atoms with Gasteiger partial charge in [0.2, 0.25) is 7.44 Å². The Morgan fingerprint density at radius 2 is 1.64 bits per heavy atom. The van der Waals surface area contributed by atoms with Crippen molar-refractivity contribution in [3.05, 3.63) is 12.7 Å². The number of rotatable bonds is 4. The Hall–Kier alpha value is -0.110. The molecule has 0 unspecified atom stereocenters. The van der Waals surface area contributed by atoms with Crippen LogP contribution in [0.3, 0.4) is 0 Å². The van der Waals surface area contributed by atoms with Crippen molar-refractivity contribution in [2.24, 2.45) is 0 Å². The summed E-state index contributed by atoms with van der Waals surface area (Å²) in [6.45, 7) is 3.58. The van der Waals surface area contributed by atoms with E-state index in [1.54, 1.807) is 15.4 Å². The molecule has 0 fully saturated rings. The molecule has 0 radical (unpaired) electrons. The van der Waals surface area contributed by atoms with E-state index in [2.05, 4.69) is 6.58 Å². The zero-order valence-corrected chi connectivity index (χ0v) is 8.64. The SMILES string of the molecule is C=CCP(=O)(N(C)C)N(C)C. The Morgan fingerprint density at radius 1 is 1.27 bits per heavy atom. The van der Waals surface area contributed by atoms with Gasteiger partial charge in [-0.05, 0) is 28.2 Å². The molecular weight excluding hydrogens is 159 g/mol. The van der Waals surface area contributed by atoms with Crippen LogP contribution in [-0.4, -0.2) is 43.7 Å². The lowest BCUT2D eigenvalue weighted by molar-refractivity contribution is 0.451. The van der Waals surface area contributed by atoms with E-state index in [0.29, 0.717) is 6.16 Å². The minimum atomic E-state index is -2.31. The van der Waals surface area contributed by atoms with Gasteiger partial charge in [0, 0.05) is 6.16 Å². The summed E-state index contributed by atoms with van der Waals surface area (Å²) in [5.74, 6) is 0. The highest BCUT2D eigenvalue weighted by molar-refractivity contribution is 7.59. The summed E-state index contributed by atoms with van der Waals surface area (Å²) in [5.41, 5.74) is 0. The highest BCUT2D eigenvalue weighted by Crippen LogP contribution is 2.48. The van der Waals surface area contributed by atoms with Crippen LogP contribution in [0.15, 0.2) is 12.7 Å². The van der Waals surface area contributed by atoms with Crippen molar-refractivity contribution in [2.75, 3.05) is 34.4 Å². The molecule has 3 nitrogen and oxygen atoms in total. The molecule has 0 spiro atoms. The van der Waals surface area contributed by atoms with E-state index in [1.165, 1.54) is 0 Å². The van der Waals surface area contributed by atoms with Crippen molar-refractivity contribution < 1.29 is 4.57 Å². The first kappa shape index (κ1) is 10.9. The third-order valence-electron chi connectivity index (χ3n) is 1.62. The van der Waals surface area contributed by atoms with Gasteiger partial charge in [-0.1, -0.05) is 6.08 Å². The fourth-order valence-electron chi connectivity index (χ4n) is 0.853. The number of allylic oxidation sites excluding steroid dienone is 1. The van der Waals surface area contributed by atoms with Crippen LogP contribution >= 0.6 is 7.44 Å². The zero-order chi connectivity index (χ0) is 9.07. The molecule has 0 aliphatic rings. The second kappa shape index (κ2) is 4.05. The van der Waals surface area contributed by atoms with Gasteiger partial charge in [0.25, 0.3) is 0 Å². The Kier molecular flexibility index (Phi) is 4.01. The van der Waals surface area contributed by atoms with Crippen LogP contribution in [0.2, 0.25) is 0 Å². The van der Waals surface area contributed by atoms with E-state index in [4.69, 9.17) is 0 Å². The van der Waals surface area contributed by atoms with Crippen LogP contribution in [0.5, 0.6) is 0 Å².